The van der Waals surface area contributed by atoms with Crippen molar-refractivity contribution in [2.45, 2.75) is 0 Å². The summed E-state index contributed by atoms with van der Waals surface area (Å²) in [7, 11) is 1.33. The van der Waals surface area contributed by atoms with E-state index >= 15 is 0 Å². The fourth-order valence-corrected chi connectivity index (χ4v) is 1.47. The van der Waals surface area contributed by atoms with E-state index < -0.39 is 4.92 Å². The molecule has 100 valence electrons. The lowest BCUT2D eigenvalue weighted by Gasteiger charge is -2.06. The van der Waals surface area contributed by atoms with Crippen molar-refractivity contribution in [1.82, 2.24) is 10.2 Å². The van der Waals surface area contributed by atoms with Crippen LogP contribution in [0.3, 0.4) is 0 Å². The third-order valence-corrected chi connectivity index (χ3v) is 2.37. The molecule has 0 radical (unpaired) electrons. The van der Waals surface area contributed by atoms with Crippen LogP contribution in [0.5, 0.6) is 17.4 Å². The molecule has 0 aliphatic carbocycles. The number of benzene rings is 1. The molecule has 0 saturated carbocycles. The lowest BCUT2D eigenvalue weighted by atomic mass is 10.2. The van der Waals surface area contributed by atoms with E-state index in [1.54, 1.807) is 0 Å². The van der Waals surface area contributed by atoms with E-state index in [0.717, 1.165) is 0 Å². The van der Waals surface area contributed by atoms with Crippen molar-refractivity contribution in [1.29, 1.82) is 5.26 Å². The average Bonchev–Trinajstić information content (AvgIpc) is 2.47. The molecule has 1 aromatic carbocycles. The topological polar surface area (TPSA) is 111 Å². The molecule has 0 spiro atoms. The Kier molecular flexibility index (Phi) is 3.72. The fraction of sp³-hybridized carbons (Fsp3) is 0.0833. The first kappa shape index (κ1) is 13.2. The van der Waals surface area contributed by atoms with Gasteiger partial charge in [0.25, 0.3) is 5.88 Å². The molecule has 0 fully saturated rings. The second kappa shape index (κ2) is 5.62. The van der Waals surface area contributed by atoms with Crippen LogP contribution < -0.4 is 9.47 Å². The zero-order chi connectivity index (χ0) is 14.5. The summed E-state index contributed by atoms with van der Waals surface area (Å²) in [5.74, 6) is 0.256. The highest BCUT2D eigenvalue weighted by atomic mass is 16.6. The zero-order valence-electron chi connectivity index (χ0n) is 10.3. The highest BCUT2D eigenvalue weighted by Gasteiger charge is 2.17. The standard InChI is InChI=1S/C12H8N4O4/c1-19-11-3-2-9(6-10(11)16(17)18)20-12-8(7-13)4-5-14-15-12/h2-6H,1H3. The van der Waals surface area contributed by atoms with Crippen LogP contribution in [-0.4, -0.2) is 22.2 Å². The van der Waals surface area contributed by atoms with E-state index in [0.29, 0.717) is 0 Å². The van der Waals surface area contributed by atoms with E-state index in [1.165, 1.54) is 37.6 Å². The molecule has 8 nitrogen and oxygen atoms in total. The van der Waals surface area contributed by atoms with Crippen molar-refractivity contribution in [2.75, 3.05) is 7.11 Å². The molecular weight excluding hydrogens is 264 g/mol. The Morgan fingerprint density at radius 1 is 1.40 bits per heavy atom. The molecular formula is C12H8N4O4. The third-order valence-electron chi connectivity index (χ3n) is 2.37. The van der Waals surface area contributed by atoms with Crippen LogP contribution in [0.25, 0.3) is 0 Å². The van der Waals surface area contributed by atoms with Crippen LogP contribution in [0.2, 0.25) is 0 Å². The summed E-state index contributed by atoms with van der Waals surface area (Å²) in [6.45, 7) is 0. The van der Waals surface area contributed by atoms with Crippen molar-refractivity contribution in [3.63, 3.8) is 0 Å². The van der Waals surface area contributed by atoms with Gasteiger partial charge in [0, 0.05) is 0 Å². The monoisotopic (exact) mass is 272 g/mol. The number of nitriles is 1. The van der Waals surface area contributed by atoms with Gasteiger partial charge >= 0.3 is 5.69 Å². The number of hydrogen-bond donors (Lipinski definition) is 0. The van der Waals surface area contributed by atoms with Crippen molar-refractivity contribution in [3.05, 3.63) is 46.1 Å². The number of nitro benzene ring substituents is 1. The number of rotatable bonds is 4. The largest absolute Gasteiger partial charge is 0.490 e. The van der Waals surface area contributed by atoms with E-state index in [4.69, 9.17) is 14.7 Å². The van der Waals surface area contributed by atoms with Gasteiger partial charge in [-0.15, -0.1) is 5.10 Å². The highest BCUT2D eigenvalue weighted by Crippen LogP contribution is 2.32. The molecule has 0 aliphatic rings. The predicted octanol–water partition coefficient (Wildman–Crippen LogP) is 2.06. The van der Waals surface area contributed by atoms with Gasteiger partial charge in [0.1, 0.15) is 17.4 Å². The van der Waals surface area contributed by atoms with Crippen molar-refractivity contribution in [3.8, 4) is 23.4 Å². The lowest BCUT2D eigenvalue weighted by molar-refractivity contribution is -0.385. The van der Waals surface area contributed by atoms with Gasteiger partial charge in [-0.25, -0.2) is 0 Å². The van der Waals surface area contributed by atoms with Crippen molar-refractivity contribution < 1.29 is 14.4 Å². The maximum atomic E-state index is 10.9. The zero-order valence-corrected chi connectivity index (χ0v) is 10.3. The van der Waals surface area contributed by atoms with Crippen LogP contribution in [-0.2, 0) is 0 Å². The summed E-state index contributed by atoms with van der Waals surface area (Å²) in [5, 5.41) is 27.1. The molecule has 2 rings (SSSR count). The first-order valence-corrected chi connectivity index (χ1v) is 5.37. The first-order chi connectivity index (χ1) is 9.65. The molecule has 0 aliphatic heterocycles. The van der Waals surface area contributed by atoms with E-state index in [9.17, 15) is 10.1 Å². The van der Waals surface area contributed by atoms with Crippen molar-refractivity contribution >= 4 is 5.69 Å². The molecule has 0 atom stereocenters. The quantitative estimate of drug-likeness (QED) is 0.618. The molecule has 0 unspecified atom stereocenters. The van der Waals surface area contributed by atoms with Crippen molar-refractivity contribution in [2.24, 2.45) is 0 Å². The van der Waals surface area contributed by atoms with Gasteiger partial charge in [0.05, 0.1) is 24.3 Å². The summed E-state index contributed by atoms with van der Waals surface area (Å²) >= 11 is 0. The van der Waals surface area contributed by atoms with Crippen LogP contribution in [0, 0.1) is 21.4 Å². The molecule has 1 aromatic heterocycles. The van der Waals surface area contributed by atoms with Gasteiger partial charge < -0.3 is 9.47 Å². The number of ether oxygens (including phenoxy) is 2. The molecule has 0 saturated heterocycles. The Morgan fingerprint density at radius 3 is 2.85 bits per heavy atom. The minimum atomic E-state index is -0.590. The van der Waals surface area contributed by atoms with E-state index in [1.807, 2.05) is 6.07 Å². The number of methoxy groups -OCH3 is 1. The summed E-state index contributed by atoms with van der Waals surface area (Å²) in [5.41, 5.74) is -0.0640. The van der Waals surface area contributed by atoms with E-state index in [2.05, 4.69) is 10.2 Å². The lowest BCUT2D eigenvalue weighted by Crippen LogP contribution is -1.96. The normalized spacial score (nSPS) is 9.60. The fourth-order valence-electron chi connectivity index (χ4n) is 1.47. The molecule has 0 amide bonds. The Hall–Kier alpha value is -3.21. The Balaban J connectivity index is 2.37. The molecule has 1 heterocycles. The number of aromatic nitrogens is 2. The van der Waals surface area contributed by atoms with Gasteiger partial charge in [-0.1, -0.05) is 0 Å². The van der Waals surface area contributed by atoms with Crippen LogP contribution in [0.15, 0.2) is 30.5 Å². The van der Waals surface area contributed by atoms with Gasteiger partial charge in [-0.3, -0.25) is 10.1 Å². The summed E-state index contributed by atoms with van der Waals surface area (Å²) < 4.78 is 10.2. The van der Waals surface area contributed by atoms with Gasteiger partial charge in [-0.2, -0.15) is 10.4 Å². The van der Waals surface area contributed by atoms with Crippen LogP contribution in [0.4, 0.5) is 5.69 Å². The van der Waals surface area contributed by atoms with Gasteiger partial charge in [0.2, 0.25) is 0 Å². The smallest absolute Gasteiger partial charge is 0.314 e. The molecule has 0 N–H and O–H groups in total. The molecule has 8 heteroatoms. The summed E-state index contributed by atoms with van der Waals surface area (Å²) in [4.78, 5) is 10.3. The minimum Gasteiger partial charge on any atom is -0.490 e. The second-order valence-corrected chi connectivity index (χ2v) is 3.55. The maximum absolute atomic E-state index is 10.9. The number of hydrogen-bond acceptors (Lipinski definition) is 7. The summed E-state index contributed by atoms with van der Waals surface area (Å²) in [6.07, 6.45) is 1.35. The second-order valence-electron chi connectivity index (χ2n) is 3.55. The number of nitro groups is 1. The Labute approximate surface area is 113 Å². The van der Waals surface area contributed by atoms with Crippen LogP contribution in [0.1, 0.15) is 5.56 Å². The third kappa shape index (κ3) is 2.62. The SMILES string of the molecule is COc1ccc(Oc2nnccc2C#N)cc1[N+](=O)[O-]. The Morgan fingerprint density at radius 2 is 2.20 bits per heavy atom. The molecule has 2 aromatic rings. The molecule has 20 heavy (non-hydrogen) atoms. The first-order valence-electron chi connectivity index (χ1n) is 5.37. The maximum Gasteiger partial charge on any atom is 0.314 e. The minimum absolute atomic E-state index is 0.0190. The summed E-state index contributed by atoms with van der Waals surface area (Å²) in [6, 6.07) is 7.38. The average molecular weight is 272 g/mol. The van der Waals surface area contributed by atoms with E-state index in [-0.39, 0.29) is 28.6 Å². The molecule has 0 bridgehead atoms. The van der Waals surface area contributed by atoms with Gasteiger partial charge in [0.15, 0.2) is 5.75 Å². The van der Waals surface area contributed by atoms with Crippen LogP contribution >= 0.6 is 0 Å². The Bertz CT molecular complexity index is 696. The van der Waals surface area contributed by atoms with Gasteiger partial charge in [-0.05, 0) is 18.2 Å². The highest BCUT2D eigenvalue weighted by molar-refractivity contribution is 5.52. The predicted molar refractivity (Wildman–Crippen MR) is 66.5 cm³/mol. The number of nitrogens with zero attached hydrogens (tertiary/aromatic N) is 4.